The molecule has 0 atom stereocenters. The monoisotopic (exact) mass is 219 g/mol. The van der Waals surface area contributed by atoms with E-state index < -0.39 is 0 Å². The first-order valence-electron chi connectivity index (χ1n) is 5.90. The Kier molecular flexibility index (Phi) is 3.17. The normalized spacial score (nSPS) is 15.9. The Bertz CT molecular complexity index is 403. The standard InChI is InChI=1S/C12H17N3O/c1-3-11-13-8-9-10(16)6-5-7-15(4-2)12(9)14-11/h8H,3-7H2,1-2H3. The minimum atomic E-state index is 0.175. The second kappa shape index (κ2) is 4.60. The molecule has 1 aliphatic rings. The third kappa shape index (κ3) is 1.92. The number of rotatable bonds is 2. The average Bonchev–Trinajstić information content (AvgIpc) is 2.48. The van der Waals surface area contributed by atoms with E-state index in [0.29, 0.717) is 12.0 Å². The van der Waals surface area contributed by atoms with E-state index in [1.165, 1.54) is 0 Å². The van der Waals surface area contributed by atoms with Gasteiger partial charge in [0.1, 0.15) is 11.6 Å². The average molecular weight is 219 g/mol. The lowest BCUT2D eigenvalue weighted by atomic mass is 10.1. The van der Waals surface area contributed by atoms with Crippen molar-refractivity contribution in [3.05, 3.63) is 17.6 Å². The molecule has 0 unspecified atom stereocenters. The van der Waals surface area contributed by atoms with Crippen LogP contribution in [0.25, 0.3) is 0 Å². The summed E-state index contributed by atoms with van der Waals surface area (Å²) in [5, 5.41) is 0. The molecule has 0 aromatic carbocycles. The van der Waals surface area contributed by atoms with Crippen LogP contribution in [0.15, 0.2) is 6.20 Å². The number of aryl methyl sites for hydroxylation is 1. The van der Waals surface area contributed by atoms with Gasteiger partial charge in [-0.15, -0.1) is 0 Å². The lowest BCUT2D eigenvalue weighted by Gasteiger charge is -2.21. The molecule has 2 rings (SSSR count). The number of ketones is 1. The Hall–Kier alpha value is -1.45. The van der Waals surface area contributed by atoms with Crippen molar-refractivity contribution >= 4 is 11.6 Å². The molecule has 4 heteroatoms. The molecule has 1 aromatic rings. The van der Waals surface area contributed by atoms with Gasteiger partial charge in [0.2, 0.25) is 0 Å². The van der Waals surface area contributed by atoms with Crippen LogP contribution in [-0.4, -0.2) is 28.8 Å². The fourth-order valence-corrected chi connectivity index (χ4v) is 2.00. The zero-order chi connectivity index (χ0) is 11.5. The molecule has 0 aliphatic carbocycles. The van der Waals surface area contributed by atoms with Crippen LogP contribution >= 0.6 is 0 Å². The van der Waals surface area contributed by atoms with Gasteiger partial charge in [-0.3, -0.25) is 4.79 Å². The molecule has 0 fully saturated rings. The second-order valence-electron chi connectivity index (χ2n) is 3.98. The van der Waals surface area contributed by atoms with Gasteiger partial charge >= 0.3 is 0 Å². The van der Waals surface area contributed by atoms with Crippen molar-refractivity contribution in [2.24, 2.45) is 0 Å². The maximum atomic E-state index is 11.9. The number of Topliss-reactive ketones (excluding diaryl/α,β-unsaturated/α-hetero) is 1. The second-order valence-corrected chi connectivity index (χ2v) is 3.98. The minimum absolute atomic E-state index is 0.175. The molecular weight excluding hydrogens is 202 g/mol. The highest BCUT2D eigenvalue weighted by Crippen LogP contribution is 2.23. The Labute approximate surface area is 95.7 Å². The number of aromatic nitrogens is 2. The number of anilines is 1. The van der Waals surface area contributed by atoms with Crippen molar-refractivity contribution in [2.45, 2.75) is 33.1 Å². The zero-order valence-electron chi connectivity index (χ0n) is 9.86. The van der Waals surface area contributed by atoms with E-state index in [9.17, 15) is 4.79 Å². The smallest absolute Gasteiger partial charge is 0.168 e. The highest BCUT2D eigenvalue weighted by atomic mass is 16.1. The summed E-state index contributed by atoms with van der Waals surface area (Å²) in [4.78, 5) is 22.7. The van der Waals surface area contributed by atoms with Crippen LogP contribution < -0.4 is 4.90 Å². The van der Waals surface area contributed by atoms with E-state index in [-0.39, 0.29) is 5.78 Å². The third-order valence-electron chi connectivity index (χ3n) is 2.95. The van der Waals surface area contributed by atoms with E-state index in [1.54, 1.807) is 6.20 Å². The summed E-state index contributed by atoms with van der Waals surface area (Å²) in [6.07, 6.45) is 4.01. The highest BCUT2D eigenvalue weighted by Gasteiger charge is 2.21. The number of hydrogen-bond acceptors (Lipinski definition) is 4. The molecule has 1 aromatic heterocycles. The van der Waals surface area contributed by atoms with Crippen molar-refractivity contribution in [2.75, 3.05) is 18.0 Å². The van der Waals surface area contributed by atoms with Crippen LogP contribution in [0, 0.1) is 0 Å². The fourth-order valence-electron chi connectivity index (χ4n) is 2.00. The van der Waals surface area contributed by atoms with Gasteiger partial charge in [0.15, 0.2) is 5.78 Å². The van der Waals surface area contributed by atoms with Crippen molar-refractivity contribution in [1.29, 1.82) is 0 Å². The van der Waals surface area contributed by atoms with Crippen LogP contribution in [0.3, 0.4) is 0 Å². The summed E-state index contributed by atoms with van der Waals surface area (Å²) in [7, 11) is 0. The summed E-state index contributed by atoms with van der Waals surface area (Å²) in [5.74, 6) is 1.82. The fraction of sp³-hybridized carbons (Fsp3) is 0.583. The van der Waals surface area contributed by atoms with Crippen molar-refractivity contribution in [1.82, 2.24) is 9.97 Å². The van der Waals surface area contributed by atoms with Gasteiger partial charge in [-0.1, -0.05) is 6.92 Å². The molecule has 4 nitrogen and oxygen atoms in total. The van der Waals surface area contributed by atoms with Gasteiger partial charge in [0, 0.05) is 32.1 Å². The number of hydrogen-bond donors (Lipinski definition) is 0. The molecule has 2 heterocycles. The number of nitrogens with zero attached hydrogens (tertiary/aromatic N) is 3. The molecule has 0 spiro atoms. The summed E-state index contributed by atoms with van der Waals surface area (Å²) in [5.41, 5.74) is 0.691. The molecular formula is C12H17N3O. The molecule has 0 radical (unpaired) electrons. The first-order valence-corrected chi connectivity index (χ1v) is 5.90. The lowest BCUT2D eigenvalue weighted by Crippen LogP contribution is -2.25. The first-order chi connectivity index (χ1) is 7.76. The van der Waals surface area contributed by atoms with Crippen LogP contribution in [0.1, 0.15) is 42.9 Å². The minimum Gasteiger partial charge on any atom is -0.356 e. The molecule has 1 aliphatic heterocycles. The third-order valence-corrected chi connectivity index (χ3v) is 2.95. The summed E-state index contributed by atoms with van der Waals surface area (Å²) in [6.45, 7) is 5.92. The Morgan fingerprint density at radius 1 is 1.44 bits per heavy atom. The molecule has 16 heavy (non-hydrogen) atoms. The van der Waals surface area contributed by atoms with Crippen LogP contribution in [-0.2, 0) is 6.42 Å². The van der Waals surface area contributed by atoms with E-state index in [1.807, 2.05) is 6.92 Å². The van der Waals surface area contributed by atoms with Crippen LogP contribution in [0.4, 0.5) is 5.82 Å². The largest absolute Gasteiger partial charge is 0.356 e. The molecule has 0 saturated carbocycles. The summed E-state index contributed by atoms with van der Waals surface area (Å²) < 4.78 is 0. The maximum Gasteiger partial charge on any atom is 0.168 e. The van der Waals surface area contributed by atoms with Gasteiger partial charge in [-0.25, -0.2) is 9.97 Å². The lowest BCUT2D eigenvalue weighted by molar-refractivity contribution is 0.0983. The van der Waals surface area contributed by atoms with Crippen LogP contribution in [0.5, 0.6) is 0 Å². The molecule has 0 saturated heterocycles. The molecule has 86 valence electrons. The Balaban J connectivity index is 2.49. The van der Waals surface area contributed by atoms with Crippen molar-refractivity contribution in [3.63, 3.8) is 0 Å². The summed E-state index contributed by atoms with van der Waals surface area (Å²) in [6, 6.07) is 0. The zero-order valence-corrected chi connectivity index (χ0v) is 9.86. The van der Waals surface area contributed by atoms with Crippen molar-refractivity contribution in [3.8, 4) is 0 Å². The Morgan fingerprint density at radius 3 is 2.94 bits per heavy atom. The van der Waals surface area contributed by atoms with E-state index in [4.69, 9.17) is 0 Å². The number of carbonyl (C=O) groups is 1. The van der Waals surface area contributed by atoms with E-state index in [2.05, 4.69) is 21.8 Å². The maximum absolute atomic E-state index is 11.9. The molecule has 0 amide bonds. The first kappa shape index (κ1) is 11.0. The molecule has 0 bridgehead atoms. The topological polar surface area (TPSA) is 46.1 Å². The van der Waals surface area contributed by atoms with E-state index in [0.717, 1.165) is 37.6 Å². The van der Waals surface area contributed by atoms with Gasteiger partial charge in [-0.2, -0.15) is 0 Å². The van der Waals surface area contributed by atoms with E-state index >= 15 is 0 Å². The SMILES string of the molecule is CCc1ncc2c(n1)N(CC)CCCC2=O. The number of carbonyl (C=O) groups excluding carboxylic acids is 1. The van der Waals surface area contributed by atoms with Gasteiger partial charge < -0.3 is 4.90 Å². The van der Waals surface area contributed by atoms with Crippen LogP contribution in [0.2, 0.25) is 0 Å². The quantitative estimate of drug-likeness (QED) is 0.761. The predicted molar refractivity (Wildman–Crippen MR) is 62.9 cm³/mol. The predicted octanol–water partition coefficient (Wildman–Crippen LogP) is 1.84. The van der Waals surface area contributed by atoms with Crippen molar-refractivity contribution < 1.29 is 4.79 Å². The van der Waals surface area contributed by atoms with Gasteiger partial charge in [0.25, 0.3) is 0 Å². The summed E-state index contributed by atoms with van der Waals surface area (Å²) >= 11 is 0. The molecule has 0 N–H and O–H groups in total. The highest BCUT2D eigenvalue weighted by molar-refractivity contribution is 6.00. The number of fused-ring (bicyclic) bond motifs is 1. The van der Waals surface area contributed by atoms with Gasteiger partial charge in [-0.05, 0) is 13.3 Å². The Morgan fingerprint density at radius 2 is 2.25 bits per heavy atom. The van der Waals surface area contributed by atoms with Gasteiger partial charge in [0.05, 0.1) is 5.56 Å².